The highest BCUT2D eigenvalue weighted by Crippen LogP contribution is 2.41. The number of thioether (sulfide) groups is 1. The van der Waals surface area contributed by atoms with Gasteiger partial charge in [0.25, 0.3) is 0 Å². The van der Waals surface area contributed by atoms with Gasteiger partial charge in [0.2, 0.25) is 11.9 Å². The van der Waals surface area contributed by atoms with Crippen molar-refractivity contribution in [1.29, 1.82) is 0 Å². The Balaban J connectivity index is 1.27. The van der Waals surface area contributed by atoms with Crippen LogP contribution < -0.4 is 10.2 Å². The van der Waals surface area contributed by atoms with E-state index in [0.717, 1.165) is 59.8 Å². The number of aryl methyl sites for hydroxylation is 1. The van der Waals surface area contributed by atoms with Crippen LogP contribution in [0.4, 0.5) is 11.6 Å². The summed E-state index contributed by atoms with van der Waals surface area (Å²) < 4.78 is 9.52. The monoisotopic (exact) mass is 453 g/mol. The van der Waals surface area contributed by atoms with Crippen molar-refractivity contribution in [3.63, 3.8) is 0 Å². The number of hydrogen-bond acceptors (Lipinski definition) is 7. The molecule has 2 fully saturated rings. The summed E-state index contributed by atoms with van der Waals surface area (Å²) in [6.45, 7) is 6.93. The van der Waals surface area contributed by atoms with E-state index < -0.39 is 0 Å². The largest absolute Gasteiger partial charge is 0.378 e. The number of carbonyl (C=O) groups excluding carboxylic acids is 1. The molecule has 0 atom stereocenters. The second kappa shape index (κ2) is 8.95. The predicted molar refractivity (Wildman–Crippen MR) is 124 cm³/mol. The zero-order chi connectivity index (χ0) is 22.1. The van der Waals surface area contributed by atoms with Gasteiger partial charge in [0, 0.05) is 19.1 Å². The fourth-order valence-electron chi connectivity index (χ4n) is 3.95. The Morgan fingerprint density at radius 2 is 1.91 bits per heavy atom. The summed E-state index contributed by atoms with van der Waals surface area (Å²) in [7, 11) is 0. The molecule has 3 aromatic rings. The summed E-state index contributed by atoms with van der Waals surface area (Å²) in [5, 5.41) is 17.3. The summed E-state index contributed by atoms with van der Waals surface area (Å²) >= 11 is 1.43. The van der Waals surface area contributed by atoms with E-state index >= 15 is 0 Å². The van der Waals surface area contributed by atoms with Crippen molar-refractivity contribution in [2.75, 3.05) is 42.3 Å². The molecular formula is C22H27N7O2S. The molecule has 1 aromatic carbocycles. The molecular weight excluding hydrogens is 426 g/mol. The first-order chi connectivity index (χ1) is 15.6. The van der Waals surface area contributed by atoms with Crippen LogP contribution in [-0.4, -0.2) is 62.5 Å². The van der Waals surface area contributed by atoms with Crippen LogP contribution in [0.25, 0.3) is 5.69 Å². The molecule has 1 aliphatic heterocycles. The van der Waals surface area contributed by atoms with Crippen LogP contribution in [-0.2, 0) is 9.53 Å². The van der Waals surface area contributed by atoms with E-state index in [2.05, 4.69) is 30.1 Å². The second-order valence-corrected chi connectivity index (χ2v) is 9.06. The minimum atomic E-state index is -0.0768. The Bertz CT molecular complexity index is 1100. The van der Waals surface area contributed by atoms with Crippen LogP contribution in [0.1, 0.15) is 30.3 Å². The van der Waals surface area contributed by atoms with Crippen LogP contribution in [0, 0.1) is 13.8 Å². The summed E-state index contributed by atoms with van der Waals surface area (Å²) in [4.78, 5) is 15.0. The first-order valence-corrected chi connectivity index (χ1v) is 11.9. The van der Waals surface area contributed by atoms with Crippen molar-refractivity contribution in [2.45, 2.75) is 37.9 Å². The van der Waals surface area contributed by atoms with E-state index in [9.17, 15) is 4.79 Å². The molecule has 1 saturated heterocycles. The van der Waals surface area contributed by atoms with E-state index in [4.69, 9.17) is 4.74 Å². The highest BCUT2D eigenvalue weighted by Gasteiger charge is 2.32. The lowest BCUT2D eigenvalue weighted by atomic mass is 10.3. The zero-order valence-electron chi connectivity index (χ0n) is 18.3. The molecule has 2 aromatic heterocycles. The summed E-state index contributed by atoms with van der Waals surface area (Å²) in [6, 6.07) is 10.3. The maximum Gasteiger partial charge on any atom is 0.234 e. The van der Waals surface area contributed by atoms with Gasteiger partial charge in [-0.3, -0.25) is 9.36 Å². The van der Waals surface area contributed by atoms with Gasteiger partial charge in [0.1, 0.15) is 0 Å². The minimum Gasteiger partial charge on any atom is -0.378 e. The van der Waals surface area contributed by atoms with Crippen molar-refractivity contribution in [3.8, 4) is 5.69 Å². The molecule has 0 unspecified atom stereocenters. The fraction of sp³-hybridized carbons (Fsp3) is 0.455. The smallest absolute Gasteiger partial charge is 0.234 e. The van der Waals surface area contributed by atoms with E-state index in [-0.39, 0.29) is 11.7 Å². The molecule has 168 valence electrons. The summed E-state index contributed by atoms with van der Waals surface area (Å²) in [5.74, 6) is 1.09. The number of rotatable bonds is 7. The van der Waals surface area contributed by atoms with Crippen LogP contribution in [0.15, 0.2) is 35.5 Å². The average molecular weight is 454 g/mol. The molecule has 0 bridgehead atoms. The third-order valence-corrected chi connectivity index (χ3v) is 6.68. The molecule has 1 amide bonds. The molecule has 1 N–H and O–H groups in total. The SMILES string of the molecule is Cc1nn(-c2ccccc2)c(C)c1NC(=O)CSc1nnc(N2CCOCC2)n1C1CC1. The number of para-hydroxylation sites is 1. The van der Waals surface area contributed by atoms with Gasteiger partial charge >= 0.3 is 0 Å². The molecule has 5 rings (SSSR count). The van der Waals surface area contributed by atoms with Crippen molar-refractivity contribution in [1.82, 2.24) is 24.5 Å². The van der Waals surface area contributed by atoms with Crippen LogP contribution in [0.2, 0.25) is 0 Å². The lowest BCUT2D eigenvalue weighted by Crippen LogP contribution is -2.38. The quantitative estimate of drug-likeness (QED) is 0.550. The van der Waals surface area contributed by atoms with Crippen molar-refractivity contribution >= 4 is 29.3 Å². The van der Waals surface area contributed by atoms with E-state index in [0.29, 0.717) is 19.3 Å². The van der Waals surface area contributed by atoms with Gasteiger partial charge in [-0.25, -0.2) is 4.68 Å². The Morgan fingerprint density at radius 1 is 1.16 bits per heavy atom. The van der Waals surface area contributed by atoms with Gasteiger partial charge < -0.3 is 15.0 Å². The van der Waals surface area contributed by atoms with Gasteiger partial charge in [0.05, 0.1) is 41.7 Å². The highest BCUT2D eigenvalue weighted by atomic mass is 32.2. The maximum atomic E-state index is 12.8. The molecule has 1 aliphatic carbocycles. The van der Waals surface area contributed by atoms with Gasteiger partial charge in [-0.15, -0.1) is 10.2 Å². The fourth-order valence-corrected chi connectivity index (χ4v) is 4.75. The lowest BCUT2D eigenvalue weighted by molar-refractivity contribution is -0.113. The number of hydrogen-bond donors (Lipinski definition) is 1. The standard InChI is InChI=1S/C22H27N7O2S/c1-15-20(16(2)29(26-15)18-6-4-3-5-7-18)23-19(30)14-32-22-25-24-21(28(22)17-8-9-17)27-10-12-31-13-11-27/h3-7,17H,8-14H2,1-2H3,(H,23,30). The Kier molecular flexibility index (Phi) is 5.88. The number of nitrogens with one attached hydrogen (secondary N) is 1. The number of amides is 1. The summed E-state index contributed by atoms with van der Waals surface area (Å²) in [6.07, 6.45) is 2.26. The predicted octanol–water partition coefficient (Wildman–Crippen LogP) is 2.98. The number of morpholine rings is 1. The van der Waals surface area contributed by atoms with Crippen molar-refractivity contribution in [2.24, 2.45) is 0 Å². The Hall–Kier alpha value is -2.85. The maximum absolute atomic E-state index is 12.8. The molecule has 1 saturated carbocycles. The Labute approximate surface area is 191 Å². The van der Waals surface area contributed by atoms with Gasteiger partial charge in [-0.2, -0.15) is 5.10 Å². The first kappa shape index (κ1) is 21.0. The van der Waals surface area contributed by atoms with Crippen LogP contribution >= 0.6 is 11.8 Å². The van der Waals surface area contributed by atoms with Crippen molar-refractivity contribution < 1.29 is 9.53 Å². The number of anilines is 2. The van der Waals surface area contributed by atoms with Crippen LogP contribution in [0.5, 0.6) is 0 Å². The van der Waals surface area contributed by atoms with Gasteiger partial charge in [-0.1, -0.05) is 30.0 Å². The molecule has 0 radical (unpaired) electrons. The topological polar surface area (TPSA) is 90.1 Å². The van der Waals surface area contributed by atoms with E-state index in [1.807, 2.05) is 48.9 Å². The number of benzene rings is 1. The number of aromatic nitrogens is 5. The number of nitrogens with zero attached hydrogens (tertiary/aromatic N) is 6. The minimum absolute atomic E-state index is 0.0768. The van der Waals surface area contributed by atoms with Gasteiger partial charge in [0.15, 0.2) is 5.16 Å². The number of ether oxygens (including phenoxy) is 1. The van der Waals surface area contributed by atoms with Gasteiger partial charge in [-0.05, 0) is 38.8 Å². The molecule has 32 heavy (non-hydrogen) atoms. The highest BCUT2D eigenvalue weighted by molar-refractivity contribution is 7.99. The van der Waals surface area contributed by atoms with Crippen LogP contribution in [0.3, 0.4) is 0 Å². The summed E-state index contributed by atoms with van der Waals surface area (Å²) in [5.41, 5.74) is 3.43. The molecule has 2 aliphatic rings. The first-order valence-electron chi connectivity index (χ1n) is 10.9. The molecule has 0 spiro atoms. The molecule has 10 heteroatoms. The molecule has 3 heterocycles. The normalized spacial score (nSPS) is 16.4. The second-order valence-electron chi connectivity index (χ2n) is 8.11. The van der Waals surface area contributed by atoms with E-state index in [1.165, 1.54) is 11.8 Å². The molecule has 9 nitrogen and oxygen atoms in total. The third kappa shape index (κ3) is 4.24. The number of carbonyl (C=O) groups is 1. The Morgan fingerprint density at radius 3 is 2.62 bits per heavy atom. The van der Waals surface area contributed by atoms with Crippen molar-refractivity contribution in [3.05, 3.63) is 41.7 Å². The van der Waals surface area contributed by atoms with E-state index in [1.54, 1.807) is 0 Å². The third-order valence-electron chi connectivity index (χ3n) is 5.74. The lowest BCUT2D eigenvalue weighted by Gasteiger charge is -2.27. The average Bonchev–Trinajstić information content (AvgIpc) is 3.52. The zero-order valence-corrected chi connectivity index (χ0v) is 19.1.